The van der Waals surface area contributed by atoms with Gasteiger partial charge in [0.1, 0.15) is 5.82 Å². The van der Waals surface area contributed by atoms with Crippen LogP contribution in [0.1, 0.15) is 6.92 Å². The first kappa shape index (κ1) is 17.5. The van der Waals surface area contributed by atoms with Gasteiger partial charge in [0.2, 0.25) is 5.91 Å². The fourth-order valence-corrected chi connectivity index (χ4v) is 3.10. The predicted molar refractivity (Wildman–Crippen MR) is 94.1 cm³/mol. The number of carbonyl (C=O) groups excluding carboxylic acids is 1. The highest BCUT2D eigenvalue weighted by Crippen LogP contribution is 2.28. The van der Waals surface area contributed by atoms with Crippen LogP contribution < -0.4 is 5.32 Å². The van der Waals surface area contributed by atoms with E-state index in [2.05, 4.69) is 15.5 Å². The molecule has 6 nitrogen and oxygen atoms in total. The van der Waals surface area contributed by atoms with Gasteiger partial charge in [-0.3, -0.25) is 4.79 Å². The summed E-state index contributed by atoms with van der Waals surface area (Å²) in [5.74, 6) is 0.426. The van der Waals surface area contributed by atoms with Crippen LogP contribution >= 0.6 is 23.4 Å². The van der Waals surface area contributed by atoms with Gasteiger partial charge in [-0.2, -0.15) is 0 Å². The Bertz CT molecular complexity index is 898. The Hall–Kier alpha value is -2.32. The molecule has 9 heteroatoms. The first-order valence-electron chi connectivity index (χ1n) is 7.31. The average molecular weight is 381 g/mol. The van der Waals surface area contributed by atoms with Crippen molar-refractivity contribution in [3.05, 3.63) is 47.4 Å². The molecule has 130 valence electrons. The van der Waals surface area contributed by atoms with E-state index >= 15 is 0 Å². The highest BCUT2D eigenvalue weighted by molar-refractivity contribution is 8.00. The van der Waals surface area contributed by atoms with E-state index in [0.717, 1.165) is 6.07 Å². The maximum absolute atomic E-state index is 13.1. The molecule has 25 heavy (non-hydrogen) atoms. The van der Waals surface area contributed by atoms with Crippen LogP contribution in [0.3, 0.4) is 0 Å². The van der Waals surface area contributed by atoms with Crippen molar-refractivity contribution in [2.45, 2.75) is 17.3 Å². The van der Waals surface area contributed by atoms with Gasteiger partial charge in [0.25, 0.3) is 0 Å². The van der Waals surface area contributed by atoms with E-state index in [1.807, 2.05) is 0 Å². The van der Waals surface area contributed by atoms with Crippen molar-refractivity contribution in [2.24, 2.45) is 7.05 Å². The van der Waals surface area contributed by atoms with Crippen LogP contribution in [-0.2, 0) is 11.8 Å². The zero-order valence-electron chi connectivity index (χ0n) is 13.4. The lowest BCUT2D eigenvalue weighted by Crippen LogP contribution is -2.23. The number of rotatable bonds is 5. The molecule has 0 saturated carbocycles. The summed E-state index contributed by atoms with van der Waals surface area (Å²) in [6.45, 7) is 1.73. The van der Waals surface area contributed by atoms with Gasteiger partial charge in [-0.05, 0) is 37.3 Å². The van der Waals surface area contributed by atoms with Crippen LogP contribution in [0, 0.1) is 5.82 Å². The summed E-state index contributed by atoms with van der Waals surface area (Å²) in [6, 6.07) is 7.35. The van der Waals surface area contributed by atoms with E-state index in [1.165, 1.54) is 23.9 Å². The Kier molecular flexibility index (Phi) is 5.10. The van der Waals surface area contributed by atoms with Crippen LogP contribution in [0.5, 0.6) is 0 Å². The van der Waals surface area contributed by atoms with Gasteiger partial charge in [-0.25, -0.2) is 4.39 Å². The van der Waals surface area contributed by atoms with Gasteiger partial charge in [0.05, 0.1) is 22.2 Å². The second-order valence-electron chi connectivity index (χ2n) is 5.22. The molecule has 3 rings (SSSR count). The first-order valence-corrected chi connectivity index (χ1v) is 8.57. The fraction of sp³-hybridized carbons (Fsp3) is 0.188. The van der Waals surface area contributed by atoms with Crippen LogP contribution in [0.15, 0.2) is 46.2 Å². The van der Waals surface area contributed by atoms with Crippen molar-refractivity contribution in [1.82, 2.24) is 14.8 Å². The molecule has 1 amide bonds. The number of furan rings is 1. The minimum Gasteiger partial charge on any atom is -0.461 e. The summed E-state index contributed by atoms with van der Waals surface area (Å²) >= 11 is 7.17. The van der Waals surface area contributed by atoms with E-state index in [4.69, 9.17) is 16.0 Å². The number of thioether (sulfide) groups is 1. The van der Waals surface area contributed by atoms with Gasteiger partial charge >= 0.3 is 0 Å². The maximum Gasteiger partial charge on any atom is 0.237 e. The predicted octanol–water partition coefficient (Wildman–Crippen LogP) is 3.99. The van der Waals surface area contributed by atoms with Crippen molar-refractivity contribution in [1.29, 1.82) is 0 Å². The molecule has 0 spiro atoms. The van der Waals surface area contributed by atoms with E-state index in [0.29, 0.717) is 22.4 Å². The minimum atomic E-state index is -0.464. The van der Waals surface area contributed by atoms with Gasteiger partial charge in [-0.15, -0.1) is 10.2 Å². The molecule has 2 heterocycles. The molecule has 3 aromatic rings. The van der Waals surface area contributed by atoms with Crippen molar-refractivity contribution < 1.29 is 13.6 Å². The molecule has 1 aromatic carbocycles. The summed E-state index contributed by atoms with van der Waals surface area (Å²) in [7, 11) is 1.79. The lowest BCUT2D eigenvalue weighted by atomic mass is 10.3. The third kappa shape index (κ3) is 3.85. The fourth-order valence-electron chi connectivity index (χ4n) is 2.07. The Morgan fingerprint density at radius 3 is 2.88 bits per heavy atom. The third-order valence-corrected chi connectivity index (χ3v) is 4.86. The number of nitrogens with zero attached hydrogens (tertiary/aromatic N) is 3. The van der Waals surface area contributed by atoms with E-state index in [9.17, 15) is 9.18 Å². The molecule has 0 fully saturated rings. The number of amides is 1. The summed E-state index contributed by atoms with van der Waals surface area (Å²) in [6.07, 6.45) is 1.55. The Morgan fingerprint density at radius 1 is 1.40 bits per heavy atom. The summed E-state index contributed by atoms with van der Waals surface area (Å²) in [5, 5.41) is 11.1. The summed E-state index contributed by atoms with van der Waals surface area (Å²) in [4.78, 5) is 12.3. The zero-order chi connectivity index (χ0) is 18.0. The van der Waals surface area contributed by atoms with Gasteiger partial charge in [-0.1, -0.05) is 23.4 Å². The Balaban J connectivity index is 1.69. The maximum atomic E-state index is 13.1. The minimum absolute atomic E-state index is 0.143. The number of anilines is 1. The van der Waals surface area contributed by atoms with Crippen LogP contribution in [-0.4, -0.2) is 25.9 Å². The SMILES string of the molecule is C[C@@H](Sc1nnc(-c2ccco2)n1C)C(=O)Nc1ccc(F)cc1Cl. The first-order chi connectivity index (χ1) is 12.0. The van der Waals surface area contributed by atoms with E-state index in [1.54, 1.807) is 36.9 Å². The van der Waals surface area contributed by atoms with E-state index in [-0.39, 0.29) is 10.9 Å². The Labute approximate surface area is 152 Å². The number of halogens is 2. The normalized spacial score (nSPS) is 12.2. The summed E-state index contributed by atoms with van der Waals surface area (Å²) < 4.78 is 20.1. The molecular formula is C16H14ClFN4O2S. The monoisotopic (exact) mass is 380 g/mol. The molecule has 1 N–H and O–H groups in total. The number of benzene rings is 1. The topological polar surface area (TPSA) is 73.0 Å². The van der Waals surface area contributed by atoms with Gasteiger partial charge < -0.3 is 14.3 Å². The standard InChI is InChI=1S/C16H14ClFN4O2S/c1-9(15(23)19-12-6-5-10(18)8-11(12)17)25-16-21-20-14(22(16)2)13-4-3-7-24-13/h3-9H,1-2H3,(H,19,23)/t9-/m1/s1. The van der Waals surface area contributed by atoms with Crippen LogP contribution in [0.4, 0.5) is 10.1 Å². The molecule has 0 aliphatic heterocycles. The lowest BCUT2D eigenvalue weighted by molar-refractivity contribution is -0.115. The molecule has 0 aliphatic carbocycles. The second-order valence-corrected chi connectivity index (χ2v) is 6.93. The average Bonchev–Trinajstić information content (AvgIpc) is 3.20. The van der Waals surface area contributed by atoms with Crippen molar-refractivity contribution >= 4 is 35.0 Å². The van der Waals surface area contributed by atoms with Crippen molar-refractivity contribution in [3.8, 4) is 11.6 Å². The number of carbonyl (C=O) groups is 1. The molecular weight excluding hydrogens is 367 g/mol. The smallest absolute Gasteiger partial charge is 0.237 e. The zero-order valence-corrected chi connectivity index (χ0v) is 14.9. The number of hydrogen-bond acceptors (Lipinski definition) is 5. The highest BCUT2D eigenvalue weighted by atomic mass is 35.5. The van der Waals surface area contributed by atoms with Crippen LogP contribution in [0.25, 0.3) is 11.6 Å². The molecule has 2 aromatic heterocycles. The van der Waals surface area contributed by atoms with Crippen LogP contribution in [0.2, 0.25) is 5.02 Å². The number of nitrogens with one attached hydrogen (secondary N) is 1. The Morgan fingerprint density at radius 2 is 2.20 bits per heavy atom. The molecule has 1 atom stereocenters. The van der Waals surface area contributed by atoms with E-state index < -0.39 is 11.1 Å². The largest absolute Gasteiger partial charge is 0.461 e. The molecule has 0 saturated heterocycles. The number of hydrogen-bond donors (Lipinski definition) is 1. The third-order valence-electron chi connectivity index (χ3n) is 3.42. The summed E-state index contributed by atoms with van der Waals surface area (Å²) in [5.41, 5.74) is 0.356. The highest BCUT2D eigenvalue weighted by Gasteiger charge is 2.20. The van der Waals surface area contributed by atoms with Gasteiger partial charge in [0.15, 0.2) is 16.7 Å². The lowest BCUT2D eigenvalue weighted by Gasteiger charge is -2.12. The quantitative estimate of drug-likeness (QED) is 0.677. The van der Waals surface area contributed by atoms with Gasteiger partial charge in [0, 0.05) is 7.05 Å². The molecule has 0 radical (unpaired) electrons. The molecule has 0 bridgehead atoms. The number of aromatic nitrogens is 3. The second kappa shape index (κ2) is 7.28. The van der Waals surface area contributed by atoms with Crippen molar-refractivity contribution in [2.75, 3.05) is 5.32 Å². The molecule has 0 aliphatic rings. The van der Waals surface area contributed by atoms with Crippen molar-refractivity contribution in [3.63, 3.8) is 0 Å². The molecule has 0 unspecified atom stereocenters.